The Kier molecular flexibility index (Phi) is 3.96. The zero-order chi connectivity index (χ0) is 14.8. The number of fused-ring (bicyclic) bond motifs is 1. The molecule has 2 heterocycles. The maximum Gasteiger partial charge on any atom is 0.223 e. The van der Waals surface area contributed by atoms with E-state index in [1.807, 2.05) is 29.2 Å². The van der Waals surface area contributed by atoms with E-state index < -0.39 is 0 Å². The van der Waals surface area contributed by atoms with Crippen molar-refractivity contribution in [3.63, 3.8) is 0 Å². The number of amides is 1. The number of likely N-dealkylation sites (tertiary alicyclic amines) is 1. The average Bonchev–Trinajstić information content (AvgIpc) is 2.98. The highest BCUT2D eigenvalue weighted by Gasteiger charge is 2.30. The van der Waals surface area contributed by atoms with Gasteiger partial charge in [-0.3, -0.25) is 9.59 Å². The third-order valence-corrected chi connectivity index (χ3v) is 4.55. The summed E-state index contributed by atoms with van der Waals surface area (Å²) in [5.74, 6) is 1.02. The lowest BCUT2D eigenvalue weighted by Crippen LogP contribution is -2.28. The second kappa shape index (κ2) is 5.89. The minimum atomic E-state index is 0.0759. The van der Waals surface area contributed by atoms with Gasteiger partial charge in [-0.25, -0.2) is 4.98 Å². The number of carbonyl (C=O) groups is 2. The van der Waals surface area contributed by atoms with E-state index in [0.717, 1.165) is 16.9 Å². The molecule has 0 spiro atoms. The number of aromatic nitrogens is 2. The van der Waals surface area contributed by atoms with Crippen LogP contribution in [0.1, 0.15) is 19.2 Å². The quantitative estimate of drug-likeness (QED) is 0.938. The Morgan fingerprint density at radius 3 is 3.05 bits per heavy atom. The Balaban J connectivity index is 1.59. The molecule has 0 aliphatic carbocycles. The number of H-pyrrole nitrogens is 1. The maximum absolute atomic E-state index is 11.9. The first-order valence-electron chi connectivity index (χ1n) is 7.00. The smallest absolute Gasteiger partial charge is 0.223 e. The van der Waals surface area contributed by atoms with E-state index in [9.17, 15) is 9.59 Å². The Hall–Kier alpha value is -1.82. The zero-order valence-electron chi connectivity index (χ0n) is 11.8. The topological polar surface area (TPSA) is 66.1 Å². The molecule has 1 fully saturated rings. The SMILES string of the molecule is CC(=O)SC1CC(=O)N(CCc2nc3ccccc3[nH]2)C1. The highest BCUT2D eigenvalue weighted by Crippen LogP contribution is 2.24. The summed E-state index contributed by atoms with van der Waals surface area (Å²) < 4.78 is 0. The van der Waals surface area contributed by atoms with Crippen molar-refractivity contribution < 1.29 is 9.59 Å². The number of nitrogens with one attached hydrogen (secondary N) is 1. The zero-order valence-corrected chi connectivity index (χ0v) is 12.7. The van der Waals surface area contributed by atoms with Gasteiger partial charge in [-0.2, -0.15) is 0 Å². The predicted molar refractivity (Wildman–Crippen MR) is 83.1 cm³/mol. The van der Waals surface area contributed by atoms with E-state index in [4.69, 9.17) is 0 Å². The summed E-state index contributed by atoms with van der Waals surface area (Å²) in [5.41, 5.74) is 1.97. The molecule has 0 saturated carbocycles. The summed E-state index contributed by atoms with van der Waals surface area (Å²) in [4.78, 5) is 32.7. The highest BCUT2D eigenvalue weighted by atomic mass is 32.2. The first-order valence-corrected chi connectivity index (χ1v) is 7.88. The van der Waals surface area contributed by atoms with Gasteiger partial charge in [0.05, 0.1) is 11.0 Å². The van der Waals surface area contributed by atoms with E-state index in [1.165, 1.54) is 11.8 Å². The average molecular weight is 303 g/mol. The summed E-state index contributed by atoms with van der Waals surface area (Å²) in [5, 5.41) is 0.178. The first kappa shape index (κ1) is 14.1. The van der Waals surface area contributed by atoms with Gasteiger partial charge in [0.25, 0.3) is 0 Å². The Bertz CT molecular complexity index is 649. The number of benzene rings is 1. The number of nitrogens with zero attached hydrogens (tertiary/aromatic N) is 2. The van der Waals surface area contributed by atoms with E-state index >= 15 is 0 Å². The van der Waals surface area contributed by atoms with Gasteiger partial charge >= 0.3 is 0 Å². The standard InChI is InChI=1S/C15H17N3O2S/c1-10(19)21-11-8-15(20)18(9-11)7-6-14-16-12-4-2-3-5-13(12)17-14/h2-5,11H,6-9H2,1H3,(H,16,17). The lowest BCUT2D eigenvalue weighted by atomic mass is 10.3. The van der Waals surface area contributed by atoms with Gasteiger partial charge < -0.3 is 9.88 Å². The van der Waals surface area contributed by atoms with Crippen LogP contribution in [0.5, 0.6) is 0 Å². The largest absolute Gasteiger partial charge is 0.342 e. The Morgan fingerprint density at radius 2 is 2.29 bits per heavy atom. The van der Waals surface area contributed by atoms with Crippen molar-refractivity contribution in [2.75, 3.05) is 13.1 Å². The van der Waals surface area contributed by atoms with Crippen LogP contribution in [0.4, 0.5) is 0 Å². The molecule has 1 aliphatic rings. The van der Waals surface area contributed by atoms with Crippen LogP contribution in [0.25, 0.3) is 11.0 Å². The van der Waals surface area contributed by atoms with Gasteiger partial charge in [-0.15, -0.1) is 0 Å². The second-order valence-electron chi connectivity index (χ2n) is 5.23. The fourth-order valence-electron chi connectivity index (χ4n) is 2.63. The van der Waals surface area contributed by atoms with Crippen molar-refractivity contribution in [2.24, 2.45) is 0 Å². The molecule has 2 aromatic rings. The van der Waals surface area contributed by atoms with Crippen LogP contribution in [-0.2, 0) is 16.0 Å². The molecule has 1 unspecified atom stereocenters. The molecule has 1 aliphatic heterocycles. The molecule has 1 atom stereocenters. The Labute approximate surface area is 127 Å². The van der Waals surface area contributed by atoms with E-state index in [2.05, 4.69) is 9.97 Å². The maximum atomic E-state index is 11.9. The molecule has 0 bridgehead atoms. The molecule has 1 saturated heterocycles. The molecule has 1 aromatic heterocycles. The van der Waals surface area contributed by atoms with Gasteiger partial charge in [0.1, 0.15) is 5.82 Å². The van der Waals surface area contributed by atoms with Crippen molar-refractivity contribution >= 4 is 33.8 Å². The summed E-state index contributed by atoms with van der Waals surface area (Å²) in [6.07, 6.45) is 1.17. The summed E-state index contributed by atoms with van der Waals surface area (Å²) in [6, 6.07) is 7.89. The van der Waals surface area contributed by atoms with Gasteiger partial charge in [0, 0.05) is 38.1 Å². The van der Waals surface area contributed by atoms with Crippen LogP contribution in [0.3, 0.4) is 0 Å². The molecule has 1 aromatic carbocycles. The van der Waals surface area contributed by atoms with Crippen molar-refractivity contribution in [2.45, 2.75) is 25.0 Å². The molecule has 6 heteroatoms. The number of para-hydroxylation sites is 2. The molecule has 1 amide bonds. The van der Waals surface area contributed by atoms with Crippen molar-refractivity contribution in [1.29, 1.82) is 0 Å². The second-order valence-corrected chi connectivity index (χ2v) is 6.70. The normalized spacial score (nSPS) is 18.6. The Morgan fingerprint density at radius 1 is 1.48 bits per heavy atom. The minimum Gasteiger partial charge on any atom is -0.342 e. The fourth-order valence-corrected chi connectivity index (χ4v) is 3.58. The number of rotatable bonds is 4. The van der Waals surface area contributed by atoms with Gasteiger partial charge in [0.2, 0.25) is 5.91 Å². The molecular weight excluding hydrogens is 286 g/mol. The van der Waals surface area contributed by atoms with Crippen LogP contribution in [0.15, 0.2) is 24.3 Å². The van der Waals surface area contributed by atoms with Crippen molar-refractivity contribution in [3.05, 3.63) is 30.1 Å². The van der Waals surface area contributed by atoms with Gasteiger partial charge in [-0.05, 0) is 12.1 Å². The molecule has 110 valence electrons. The number of carbonyl (C=O) groups excluding carboxylic acids is 2. The molecular formula is C15H17N3O2S. The molecule has 3 rings (SSSR count). The molecule has 5 nitrogen and oxygen atoms in total. The van der Waals surface area contributed by atoms with Crippen LogP contribution in [0.2, 0.25) is 0 Å². The lowest BCUT2D eigenvalue weighted by Gasteiger charge is -2.15. The van der Waals surface area contributed by atoms with Crippen molar-refractivity contribution in [3.8, 4) is 0 Å². The number of hydrogen-bond acceptors (Lipinski definition) is 4. The van der Waals surface area contributed by atoms with Crippen LogP contribution in [0, 0.1) is 0 Å². The van der Waals surface area contributed by atoms with E-state index in [-0.39, 0.29) is 16.3 Å². The summed E-state index contributed by atoms with van der Waals surface area (Å²) in [6.45, 7) is 2.85. The van der Waals surface area contributed by atoms with E-state index in [0.29, 0.717) is 25.9 Å². The first-order chi connectivity index (χ1) is 10.1. The fraction of sp³-hybridized carbons (Fsp3) is 0.400. The van der Waals surface area contributed by atoms with Crippen LogP contribution >= 0.6 is 11.8 Å². The lowest BCUT2D eigenvalue weighted by molar-refractivity contribution is -0.127. The third-order valence-electron chi connectivity index (χ3n) is 3.57. The number of hydrogen-bond donors (Lipinski definition) is 1. The van der Waals surface area contributed by atoms with Gasteiger partial charge in [0.15, 0.2) is 5.12 Å². The molecule has 21 heavy (non-hydrogen) atoms. The van der Waals surface area contributed by atoms with Crippen molar-refractivity contribution in [1.82, 2.24) is 14.9 Å². The molecule has 0 radical (unpaired) electrons. The number of aromatic amines is 1. The number of imidazole rings is 1. The summed E-state index contributed by atoms with van der Waals surface area (Å²) >= 11 is 1.27. The highest BCUT2D eigenvalue weighted by molar-refractivity contribution is 8.14. The van der Waals surface area contributed by atoms with E-state index in [1.54, 1.807) is 6.92 Å². The third kappa shape index (κ3) is 3.26. The van der Waals surface area contributed by atoms with Crippen LogP contribution < -0.4 is 0 Å². The number of thioether (sulfide) groups is 1. The van der Waals surface area contributed by atoms with Gasteiger partial charge in [-0.1, -0.05) is 23.9 Å². The van der Waals surface area contributed by atoms with Crippen LogP contribution in [-0.4, -0.2) is 44.2 Å². The predicted octanol–water partition coefficient (Wildman–Crippen LogP) is 1.99. The summed E-state index contributed by atoms with van der Waals surface area (Å²) in [7, 11) is 0. The molecule has 1 N–H and O–H groups in total. The monoisotopic (exact) mass is 303 g/mol. The minimum absolute atomic E-state index is 0.0759.